The molecule has 0 aliphatic rings. The molecule has 0 saturated heterocycles. The molecule has 0 bridgehead atoms. The zero-order valence-electron chi connectivity index (χ0n) is 9.46. The average Bonchev–Trinajstić information content (AvgIpc) is 2.32. The van der Waals surface area contributed by atoms with Crippen molar-refractivity contribution in [2.24, 2.45) is 0 Å². The molecule has 0 atom stereocenters. The number of anilines is 1. The third kappa shape index (κ3) is 4.87. The van der Waals surface area contributed by atoms with Gasteiger partial charge in [0.2, 0.25) is 5.91 Å². The first kappa shape index (κ1) is 14.2. The van der Waals surface area contributed by atoms with E-state index in [0.717, 1.165) is 6.42 Å². The number of aromatic nitrogens is 2. The highest BCUT2D eigenvalue weighted by molar-refractivity contribution is 9.10. The van der Waals surface area contributed by atoms with Gasteiger partial charge in [0.05, 0.1) is 4.47 Å². The van der Waals surface area contributed by atoms with Crippen LogP contribution in [0, 0.1) is 0 Å². The minimum atomic E-state index is 0.0237. The van der Waals surface area contributed by atoms with Gasteiger partial charge in [0.25, 0.3) is 0 Å². The van der Waals surface area contributed by atoms with E-state index in [1.165, 1.54) is 6.33 Å². The molecule has 0 aliphatic carbocycles. The molecule has 1 rings (SSSR count). The molecular weight excluding hydrogens is 307 g/mol. The first-order valence-electron chi connectivity index (χ1n) is 5.31. The maximum atomic E-state index is 11.3. The number of carbonyl (C=O) groups is 1. The van der Waals surface area contributed by atoms with Crippen molar-refractivity contribution < 1.29 is 4.79 Å². The van der Waals surface area contributed by atoms with Gasteiger partial charge in [-0.3, -0.25) is 4.79 Å². The highest BCUT2D eigenvalue weighted by Crippen LogP contribution is 2.25. The van der Waals surface area contributed by atoms with Crippen molar-refractivity contribution >= 4 is 39.3 Å². The number of amides is 1. The monoisotopic (exact) mass is 320 g/mol. The van der Waals surface area contributed by atoms with Gasteiger partial charge in [0, 0.05) is 19.5 Å². The van der Waals surface area contributed by atoms with E-state index in [9.17, 15) is 4.79 Å². The fourth-order valence-corrected chi connectivity index (χ4v) is 1.60. The van der Waals surface area contributed by atoms with Crippen molar-refractivity contribution in [3.63, 3.8) is 0 Å². The van der Waals surface area contributed by atoms with Gasteiger partial charge in [0.1, 0.15) is 17.3 Å². The second-order valence-corrected chi connectivity index (χ2v) is 4.50. The van der Waals surface area contributed by atoms with Gasteiger partial charge in [-0.1, -0.05) is 18.5 Å². The van der Waals surface area contributed by atoms with Gasteiger partial charge in [-0.05, 0) is 22.4 Å². The topological polar surface area (TPSA) is 66.9 Å². The summed E-state index contributed by atoms with van der Waals surface area (Å²) in [5.41, 5.74) is 0. The van der Waals surface area contributed by atoms with Crippen LogP contribution in [0.3, 0.4) is 0 Å². The van der Waals surface area contributed by atoms with Crippen LogP contribution in [-0.4, -0.2) is 29.0 Å². The van der Waals surface area contributed by atoms with Gasteiger partial charge in [0.15, 0.2) is 0 Å². The first-order valence-corrected chi connectivity index (χ1v) is 6.48. The Hall–Kier alpha value is -0.880. The molecule has 1 heterocycles. The molecule has 1 aromatic rings. The Morgan fingerprint density at radius 2 is 2.24 bits per heavy atom. The van der Waals surface area contributed by atoms with Crippen LogP contribution >= 0.6 is 27.5 Å². The summed E-state index contributed by atoms with van der Waals surface area (Å²) in [6.07, 6.45) is 2.70. The predicted molar refractivity (Wildman–Crippen MR) is 71.1 cm³/mol. The number of nitrogens with one attached hydrogen (secondary N) is 2. The van der Waals surface area contributed by atoms with Gasteiger partial charge in [-0.25, -0.2) is 9.97 Å². The van der Waals surface area contributed by atoms with Crippen molar-refractivity contribution in [1.29, 1.82) is 0 Å². The summed E-state index contributed by atoms with van der Waals surface area (Å²) in [6.45, 7) is 3.22. The molecule has 0 unspecified atom stereocenters. The quantitative estimate of drug-likeness (QED) is 0.789. The molecule has 0 radical (unpaired) electrons. The summed E-state index contributed by atoms with van der Waals surface area (Å²) in [4.78, 5) is 19.1. The maximum Gasteiger partial charge on any atom is 0.221 e. The van der Waals surface area contributed by atoms with Crippen LogP contribution in [0.15, 0.2) is 10.8 Å². The zero-order valence-corrected chi connectivity index (χ0v) is 11.8. The van der Waals surface area contributed by atoms with E-state index in [4.69, 9.17) is 11.6 Å². The molecule has 0 saturated carbocycles. The number of hydrogen-bond acceptors (Lipinski definition) is 4. The van der Waals surface area contributed by atoms with E-state index in [0.29, 0.717) is 35.0 Å². The van der Waals surface area contributed by atoms with Crippen molar-refractivity contribution in [3.05, 3.63) is 16.0 Å². The molecule has 94 valence electrons. The fraction of sp³-hybridized carbons (Fsp3) is 0.500. The highest BCUT2D eigenvalue weighted by Gasteiger charge is 2.06. The molecule has 0 aromatic carbocycles. The summed E-state index contributed by atoms with van der Waals surface area (Å²) >= 11 is 9.08. The van der Waals surface area contributed by atoms with Gasteiger partial charge in [-0.2, -0.15) is 0 Å². The van der Waals surface area contributed by atoms with E-state index in [2.05, 4.69) is 36.5 Å². The van der Waals surface area contributed by atoms with Crippen LogP contribution in [0.25, 0.3) is 0 Å². The summed E-state index contributed by atoms with van der Waals surface area (Å²) in [5, 5.41) is 6.16. The number of rotatable bonds is 6. The van der Waals surface area contributed by atoms with Gasteiger partial charge < -0.3 is 10.6 Å². The van der Waals surface area contributed by atoms with E-state index in [1.807, 2.05) is 6.92 Å². The van der Waals surface area contributed by atoms with Crippen molar-refractivity contribution in [1.82, 2.24) is 15.3 Å². The number of halogens is 2. The largest absolute Gasteiger partial charge is 0.368 e. The summed E-state index contributed by atoms with van der Waals surface area (Å²) in [5.74, 6) is 0.615. The van der Waals surface area contributed by atoms with E-state index < -0.39 is 0 Å². The normalized spacial score (nSPS) is 10.1. The van der Waals surface area contributed by atoms with Gasteiger partial charge in [-0.15, -0.1) is 0 Å². The molecule has 7 heteroatoms. The Balaban J connectivity index is 2.36. The van der Waals surface area contributed by atoms with Crippen molar-refractivity contribution in [3.8, 4) is 0 Å². The third-order valence-electron chi connectivity index (χ3n) is 1.96. The summed E-state index contributed by atoms with van der Waals surface area (Å²) in [7, 11) is 0. The fourth-order valence-electron chi connectivity index (χ4n) is 1.12. The Morgan fingerprint density at radius 3 is 2.94 bits per heavy atom. The lowest BCUT2D eigenvalue weighted by Crippen LogP contribution is -2.26. The van der Waals surface area contributed by atoms with Crippen molar-refractivity contribution in [2.45, 2.75) is 19.8 Å². The lowest BCUT2D eigenvalue weighted by Gasteiger charge is -2.07. The molecule has 5 nitrogen and oxygen atoms in total. The van der Waals surface area contributed by atoms with E-state index in [1.54, 1.807) is 0 Å². The predicted octanol–water partition coefficient (Wildman–Crippen LogP) is 2.22. The van der Waals surface area contributed by atoms with Crippen LogP contribution in [-0.2, 0) is 4.79 Å². The number of nitrogens with zero attached hydrogens (tertiary/aromatic N) is 2. The van der Waals surface area contributed by atoms with Crippen molar-refractivity contribution in [2.75, 3.05) is 18.4 Å². The number of hydrogen-bond donors (Lipinski definition) is 2. The van der Waals surface area contributed by atoms with Crippen LogP contribution in [0.5, 0.6) is 0 Å². The molecule has 2 N–H and O–H groups in total. The highest BCUT2D eigenvalue weighted by atomic mass is 79.9. The van der Waals surface area contributed by atoms with E-state index in [-0.39, 0.29) is 5.91 Å². The first-order chi connectivity index (χ1) is 8.15. The SMILES string of the molecule is CCCNC(=O)CCNc1ncnc(Cl)c1Br. The van der Waals surface area contributed by atoms with Crippen LogP contribution < -0.4 is 10.6 Å². The third-order valence-corrected chi connectivity index (χ3v) is 3.23. The molecular formula is C10H14BrClN4O. The minimum Gasteiger partial charge on any atom is -0.368 e. The Labute approximate surface area is 113 Å². The summed E-state index contributed by atoms with van der Waals surface area (Å²) in [6, 6.07) is 0. The zero-order chi connectivity index (χ0) is 12.7. The smallest absolute Gasteiger partial charge is 0.221 e. The molecule has 0 spiro atoms. The lowest BCUT2D eigenvalue weighted by atomic mass is 10.3. The molecule has 17 heavy (non-hydrogen) atoms. The van der Waals surface area contributed by atoms with Crippen LogP contribution in [0.2, 0.25) is 5.15 Å². The lowest BCUT2D eigenvalue weighted by molar-refractivity contribution is -0.120. The standard InChI is InChI=1S/C10H14BrClN4O/c1-2-4-13-7(17)3-5-14-10-8(11)9(12)15-6-16-10/h6H,2-5H2,1H3,(H,13,17)(H,14,15,16). The van der Waals surface area contributed by atoms with Crippen LogP contribution in [0.4, 0.5) is 5.82 Å². The molecule has 0 aliphatic heterocycles. The number of carbonyl (C=O) groups excluding carboxylic acids is 1. The Bertz CT molecular complexity index is 389. The maximum absolute atomic E-state index is 11.3. The second-order valence-electron chi connectivity index (χ2n) is 3.35. The Kier molecular flexibility index (Phi) is 6.21. The average molecular weight is 322 g/mol. The minimum absolute atomic E-state index is 0.0237. The molecule has 1 aromatic heterocycles. The molecule has 0 fully saturated rings. The molecule has 1 amide bonds. The van der Waals surface area contributed by atoms with E-state index >= 15 is 0 Å². The Morgan fingerprint density at radius 1 is 1.47 bits per heavy atom. The summed E-state index contributed by atoms with van der Waals surface area (Å²) < 4.78 is 0.607. The van der Waals surface area contributed by atoms with Gasteiger partial charge >= 0.3 is 0 Å². The second kappa shape index (κ2) is 7.45. The van der Waals surface area contributed by atoms with Crippen LogP contribution in [0.1, 0.15) is 19.8 Å².